The number of aryl methyl sites for hydroxylation is 1. The number of fused-ring (bicyclic) bond motifs is 1. The smallest absolute Gasteiger partial charge is 0.0625 e. The summed E-state index contributed by atoms with van der Waals surface area (Å²) >= 11 is 3.50. The number of nitrogens with zero attached hydrogens (tertiary/aromatic N) is 1. The van der Waals surface area contributed by atoms with Gasteiger partial charge in [-0.15, -0.1) is 0 Å². The molecule has 0 amide bonds. The molecule has 4 heteroatoms. The van der Waals surface area contributed by atoms with Crippen LogP contribution in [0.2, 0.25) is 0 Å². The van der Waals surface area contributed by atoms with Gasteiger partial charge in [0.15, 0.2) is 0 Å². The number of halogens is 1. The molecule has 2 rings (SSSR count). The lowest BCUT2D eigenvalue weighted by Gasteiger charge is -2.11. The Kier molecular flexibility index (Phi) is 2.82. The Hall–Kier alpha value is -0.840. The number of aliphatic hydroxyl groups is 1. The van der Waals surface area contributed by atoms with Crippen LogP contribution >= 0.6 is 15.9 Å². The third-order valence-corrected chi connectivity index (χ3v) is 3.21. The monoisotopic (exact) mass is 268 g/mol. The molecule has 0 bridgehead atoms. The van der Waals surface area contributed by atoms with Gasteiger partial charge in [-0.05, 0) is 21.5 Å². The van der Waals surface area contributed by atoms with Crippen molar-refractivity contribution in [1.29, 1.82) is 0 Å². The molecule has 80 valence electrons. The molecule has 0 spiro atoms. The molecule has 0 aliphatic carbocycles. The third-order valence-electron chi connectivity index (χ3n) is 2.58. The molecule has 3 nitrogen and oxygen atoms in total. The topological polar surface area (TPSA) is 51.2 Å². The van der Waals surface area contributed by atoms with Gasteiger partial charge in [-0.2, -0.15) is 0 Å². The Morgan fingerprint density at radius 1 is 1.53 bits per heavy atom. The second kappa shape index (κ2) is 3.96. The van der Waals surface area contributed by atoms with E-state index in [1.165, 1.54) is 0 Å². The highest BCUT2D eigenvalue weighted by atomic mass is 79.9. The average molecular weight is 269 g/mol. The summed E-state index contributed by atoms with van der Waals surface area (Å²) in [6.07, 6.45) is 2.00. The van der Waals surface area contributed by atoms with E-state index in [-0.39, 0.29) is 12.6 Å². The number of rotatable bonds is 2. The van der Waals surface area contributed by atoms with Crippen molar-refractivity contribution < 1.29 is 5.11 Å². The van der Waals surface area contributed by atoms with Crippen molar-refractivity contribution in [3.8, 4) is 0 Å². The summed E-state index contributed by atoms with van der Waals surface area (Å²) in [6, 6.07) is 5.62. The van der Waals surface area contributed by atoms with Crippen LogP contribution in [-0.2, 0) is 7.05 Å². The van der Waals surface area contributed by atoms with E-state index in [0.717, 1.165) is 20.9 Å². The van der Waals surface area contributed by atoms with Crippen molar-refractivity contribution in [2.75, 3.05) is 6.61 Å². The molecule has 0 radical (unpaired) electrons. The first-order valence-electron chi connectivity index (χ1n) is 4.75. The zero-order chi connectivity index (χ0) is 11.0. The molecular weight excluding hydrogens is 256 g/mol. The Morgan fingerprint density at radius 3 is 2.93 bits per heavy atom. The normalized spacial score (nSPS) is 13.3. The number of hydrogen-bond donors (Lipinski definition) is 2. The number of nitrogens with two attached hydrogens (primary N) is 1. The number of aromatic nitrogens is 1. The maximum Gasteiger partial charge on any atom is 0.0625 e. The van der Waals surface area contributed by atoms with E-state index in [1.54, 1.807) is 0 Å². The minimum Gasteiger partial charge on any atom is -0.394 e. The largest absolute Gasteiger partial charge is 0.394 e. The first-order chi connectivity index (χ1) is 7.15. The van der Waals surface area contributed by atoms with Crippen LogP contribution in [0.5, 0.6) is 0 Å². The van der Waals surface area contributed by atoms with E-state index in [2.05, 4.69) is 15.9 Å². The molecule has 1 atom stereocenters. The van der Waals surface area contributed by atoms with Gasteiger partial charge in [-0.1, -0.05) is 18.2 Å². The molecule has 0 fully saturated rings. The second-order valence-electron chi connectivity index (χ2n) is 3.62. The fourth-order valence-corrected chi connectivity index (χ4v) is 2.48. The van der Waals surface area contributed by atoms with E-state index in [4.69, 9.17) is 10.8 Å². The fourth-order valence-electron chi connectivity index (χ4n) is 1.85. The molecule has 2 aromatic rings. The lowest BCUT2D eigenvalue weighted by molar-refractivity contribution is 0.268. The van der Waals surface area contributed by atoms with Crippen LogP contribution in [-0.4, -0.2) is 16.3 Å². The van der Waals surface area contributed by atoms with Gasteiger partial charge in [0.05, 0.1) is 18.2 Å². The van der Waals surface area contributed by atoms with E-state index in [1.807, 2.05) is 36.0 Å². The van der Waals surface area contributed by atoms with Gasteiger partial charge in [-0.3, -0.25) is 0 Å². The van der Waals surface area contributed by atoms with E-state index in [9.17, 15) is 0 Å². The van der Waals surface area contributed by atoms with Gasteiger partial charge in [0.25, 0.3) is 0 Å². The van der Waals surface area contributed by atoms with Crippen LogP contribution in [0.4, 0.5) is 0 Å². The lowest BCUT2D eigenvalue weighted by atomic mass is 10.1. The van der Waals surface area contributed by atoms with Crippen LogP contribution in [0.15, 0.2) is 28.9 Å². The summed E-state index contributed by atoms with van der Waals surface area (Å²) in [6.45, 7) is -0.0398. The Balaban J connectivity index is 2.75. The zero-order valence-corrected chi connectivity index (χ0v) is 10.0. The highest BCUT2D eigenvalue weighted by Gasteiger charge is 2.13. The summed E-state index contributed by atoms with van der Waals surface area (Å²) in [5.41, 5.74) is 7.91. The predicted octanol–water partition coefficient (Wildman–Crippen LogP) is 1.93. The van der Waals surface area contributed by atoms with Gasteiger partial charge in [0.2, 0.25) is 0 Å². The molecule has 0 saturated heterocycles. The first kappa shape index (κ1) is 10.7. The molecule has 0 saturated carbocycles. The molecule has 15 heavy (non-hydrogen) atoms. The molecule has 3 N–H and O–H groups in total. The average Bonchev–Trinajstić information content (AvgIpc) is 2.54. The Bertz CT molecular complexity index is 493. The van der Waals surface area contributed by atoms with Crippen molar-refractivity contribution in [3.05, 3.63) is 34.4 Å². The van der Waals surface area contributed by atoms with Gasteiger partial charge in [0.1, 0.15) is 0 Å². The summed E-state index contributed by atoms with van der Waals surface area (Å²) in [5, 5.41) is 10.2. The fraction of sp³-hybridized carbons (Fsp3) is 0.273. The third kappa shape index (κ3) is 1.69. The first-order valence-corrected chi connectivity index (χ1v) is 5.54. The number of aliphatic hydroxyl groups excluding tert-OH is 1. The van der Waals surface area contributed by atoms with E-state index in [0.29, 0.717) is 0 Å². The highest BCUT2D eigenvalue weighted by Crippen LogP contribution is 2.30. The van der Waals surface area contributed by atoms with Crippen LogP contribution in [0.25, 0.3) is 10.9 Å². The van der Waals surface area contributed by atoms with Crippen LogP contribution in [0.1, 0.15) is 11.6 Å². The Morgan fingerprint density at radius 2 is 2.27 bits per heavy atom. The molecular formula is C11H13BrN2O. The van der Waals surface area contributed by atoms with Gasteiger partial charge in [-0.25, -0.2) is 0 Å². The molecule has 1 unspecified atom stereocenters. The second-order valence-corrected chi connectivity index (χ2v) is 4.47. The molecule has 1 heterocycles. The van der Waals surface area contributed by atoms with Crippen molar-refractivity contribution >= 4 is 26.8 Å². The number of para-hydroxylation sites is 1. The van der Waals surface area contributed by atoms with Crippen molar-refractivity contribution in [2.45, 2.75) is 6.04 Å². The van der Waals surface area contributed by atoms with Gasteiger partial charge in [0, 0.05) is 23.1 Å². The van der Waals surface area contributed by atoms with E-state index < -0.39 is 0 Å². The van der Waals surface area contributed by atoms with E-state index >= 15 is 0 Å². The maximum absolute atomic E-state index is 9.10. The minimum absolute atomic E-state index is 0.0398. The summed E-state index contributed by atoms with van der Waals surface area (Å²) in [5.74, 6) is 0. The molecule has 1 aromatic carbocycles. The van der Waals surface area contributed by atoms with Gasteiger partial charge < -0.3 is 15.4 Å². The predicted molar refractivity (Wildman–Crippen MR) is 64.6 cm³/mol. The SMILES string of the molecule is Cn1cc(Br)c2cccc(C(N)CO)c21. The van der Waals surface area contributed by atoms with Crippen LogP contribution < -0.4 is 5.73 Å². The summed E-state index contributed by atoms with van der Waals surface area (Å²) in [7, 11) is 1.97. The summed E-state index contributed by atoms with van der Waals surface area (Å²) < 4.78 is 3.07. The number of hydrogen-bond acceptors (Lipinski definition) is 2. The Labute approximate surface area is 96.6 Å². The zero-order valence-electron chi connectivity index (χ0n) is 8.44. The van der Waals surface area contributed by atoms with Crippen molar-refractivity contribution in [3.63, 3.8) is 0 Å². The van der Waals surface area contributed by atoms with Crippen molar-refractivity contribution in [2.24, 2.45) is 12.8 Å². The maximum atomic E-state index is 9.10. The number of benzene rings is 1. The molecule has 1 aromatic heterocycles. The highest BCUT2D eigenvalue weighted by molar-refractivity contribution is 9.10. The quantitative estimate of drug-likeness (QED) is 0.875. The summed E-state index contributed by atoms with van der Waals surface area (Å²) in [4.78, 5) is 0. The minimum atomic E-state index is -0.325. The molecule has 0 aliphatic heterocycles. The molecule has 0 aliphatic rings. The van der Waals surface area contributed by atoms with Crippen molar-refractivity contribution in [1.82, 2.24) is 4.57 Å². The van der Waals surface area contributed by atoms with Crippen LogP contribution in [0, 0.1) is 0 Å². The lowest BCUT2D eigenvalue weighted by Crippen LogP contribution is -2.15. The van der Waals surface area contributed by atoms with Crippen LogP contribution in [0.3, 0.4) is 0 Å². The standard InChI is InChI=1S/C11H13BrN2O/c1-14-5-9(12)7-3-2-4-8(11(7)14)10(13)6-15/h2-5,10,15H,6,13H2,1H3. The van der Waals surface area contributed by atoms with Gasteiger partial charge >= 0.3 is 0 Å².